The summed E-state index contributed by atoms with van der Waals surface area (Å²) in [6.07, 6.45) is 0. The van der Waals surface area contributed by atoms with Crippen LogP contribution in [0.1, 0.15) is 15.9 Å². The zero-order valence-corrected chi connectivity index (χ0v) is 8.18. The van der Waals surface area contributed by atoms with E-state index in [1.54, 1.807) is 0 Å². The number of nitro benzene ring substituents is 1. The molecule has 0 amide bonds. The monoisotopic (exact) mass is 211 g/mol. The Bertz CT molecular complexity index is 427. The van der Waals surface area contributed by atoms with Crippen LogP contribution >= 0.6 is 0 Å². The first kappa shape index (κ1) is 11.0. The van der Waals surface area contributed by atoms with E-state index in [-0.39, 0.29) is 22.6 Å². The highest BCUT2D eigenvalue weighted by molar-refractivity contribution is 5.93. The van der Waals surface area contributed by atoms with Crippen molar-refractivity contribution >= 4 is 11.7 Å². The van der Waals surface area contributed by atoms with Gasteiger partial charge < -0.3 is 9.84 Å². The Kier molecular flexibility index (Phi) is 2.89. The van der Waals surface area contributed by atoms with Crippen molar-refractivity contribution in [2.75, 3.05) is 7.11 Å². The normalized spacial score (nSPS) is 9.73. The van der Waals surface area contributed by atoms with Gasteiger partial charge in [-0.2, -0.15) is 0 Å². The van der Waals surface area contributed by atoms with Gasteiger partial charge in [0.05, 0.1) is 12.0 Å². The fraction of sp³-hybridized carbons (Fsp3) is 0.222. The topological polar surface area (TPSA) is 89.7 Å². The number of nitrogens with zero attached hydrogens (tertiary/aromatic N) is 1. The lowest BCUT2D eigenvalue weighted by Gasteiger charge is -2.04. The van der Waals surface area contributed by atoms with E-state index in [0.717, 1.165) is 19.2 Å². The summed E-state index contributed by atoms with van der Waals surface area (Å²) < 4.78 is 4.37. The zero-order chi connectivity index (χ0) is 11.6. The third-order valence-electron chi connectivity index (χ3n) is 1.92. The Morgan fingerprint density at radius 1 is 1.53 bits per heavy atom. The van der Waals surface area contributed by atoms with E-state index >= 15 is 0 Å². The van der Waals surface area contributed by atoms with Crippen molar-refractivity contribution in [2.24, 2.45) is 0 Å². The Labute approximate surface area is 85.2 Å². The fourth-order valence-corrected chi connectivity index (χ4v) is 1.15. The summed E-state index contributed by atoms with van der Waals surface area (Å²) in [5.74, 6) is -1.14. The van der Waals surface area contributed by atoms with Crippen molar-refractivity contribution in [1.82, 2.24) is 0 Å². The minimum Gasteiger partial charge on any atom is -0.507 e. The molecule has 1 rings (SSSR count). The number of carbonyl (C=O) groups excluding carboxylic acids is 1. The van der Waals surface area contributed by atoms with E-state index in [4.69, 9.17) is 0 Å². The maximum atomic E-state index is 11.1. The van der Waals surface area contributed by atoms with Gasteiger partial charge in [-0.05, 0) is 13.0 Å². The number of hydrogen-bond donors (Lipinski definition) is 1. The zero-order valence-electron chi connectivity index (χ0n) is 8.18. The number of carbonyl (C=O) groups is 1. The summed E-state index contributed by atoms with van der Waals surface area (Å²) in [7, 11) is 1.13. The lowest BCUT2D eigenvalue weighted by atomic mass is 10.1. The first-order valence-corrected chi connectivity index (χ1v) is 4.03. The van der Waals surface area contributed by atoms with Gasteiger partial charge in [0.2, 0.25) is 0 Å². The molecular weight excluding hydrogens is 202 g/mol. The lowest BCUT2D eigenvalue weighted by Crippen LogP contribution is -2.03. The minimum atomic E-state index is -0.810. The van der Waals surface area contributed by atoms with E-state index in [0.29, 0.717) is 0 Å². The standard InChI is InChI=1S/C9H9NO5/c1-5-3-8(11)6(9(12)15-2)4-7(5)10(13)14/h3-4,11H,1-2H3. The summed E-state index contributed by atoms with van der Waals surface area (Å²) in [4.78, 5) is 21.1. The second kappa shape index (κ2) is 3.95. The molecule has 6 heteroatoms. The van der Waals surface area contributed by atoms with Gasteiger partial charge in [-0.3, -0.25) is 10.1 Å². The van der Waals surface area contributed by atoms with Gasteiger partial charge in [0.1, 0.15) is 11.3 Å². The predicted octanol–water partition coefficient (Wildman–Crippen LogP) is 1.40. The van der Waals surface area contributed by atoms with Crippen LogP contribution in [-0.2, 0) is 4.74 Å². The summed E-state index contributed by atoms with van der Waals surface area (Å²) in [5.41, 5.74) is -0.159. The molecule has 0 spiro atoms. The number of nitro groups is 1. The first-order valence-electron chi connectivity index (χ1n) is 4.03. The van der Waals surface area contributed by atoms with Gasteiger partial charge in [0, 0.05) is 11.6 Å². The molecule has 0 heterocycles. The molecule has 1 aromatic rings. The molecule has 0 aromatic heterocycles. The van der Waals surface area contributed by atoms with E-state index in [9.17, 15) is 20.0 Å². The van der Waals surface area contributed by atoms with Crippen molar-refractivity contribution in [3.63, 3.8) is 0 Å². The number of hydrogen-bond acceptors (Lipinski definition) is 5. The molecule has 0 atom stereocenters. The molecule has 0 unspecified atom stereocenters. The van der Waals surface area contributed by atoms with Crippen molar-refractivity contribution in [3.05, 3.63) is 33.4 Å². The third kappa shape index (κ3) is 2.04. The molecule has 0 saturated carbocycles. The fourth-order valence-electron chi connectivity index (χ4n) is 1.15. The van der Waals surface area contributed by atoms with E-state index in [1.807, 2.05) is 0 Å². The second-order valence-corrected chi connectivity index (χ2v) is 2.90. The molecular formula is C9H9NO5. The average Bonchev–Trinajstić information content (AvgIpc) is 2.16. The van der Waals surface area contributed by atoms with Crippen molar-refractivity contribution in [3.8, 4) is 5.75 Å². The number of esters is 1. The number of aryl methyl sites for hydroxylation is 1. The molecule has 0 saturated heterocycles. The Hall–Kier alpha value is -2.11. The molecule has 1 aromatic carbocycles. The highest BCUT2D eigenvalue weighted by Gasteiger charge is 2.19. The Balaban J connectivity index is 3.36. The maximum absolute atomic E-state index is 11.1. The molecule has 6 nitrogen and oxygen atoms in total. The number of rotatable bonds is 2. The molecule has 0 radical (unpaired) electrons. The molecule has 1 N–H and O–H groups in total. The van der Waals surface area contributed by atoms with Crippen molar-refractivity contribution < 1.29 is 19.6 Å². The molecule has 0 bridgehead atoms. The smallest absolute Gasteiger partial charge is 0.341 e. The van der Waals surface area contributed by atoms with E-state index in [1.165, 1.54) is 6.92 Å². The molecule has 0 aliphatic carbocycles. The Morgan fingerprint density at radius 3 is 2.60 bits per heavy atom. The summed E-state index contributed by atoms with van der Waals surface area (Å²) in [5, 5.41) is 19.9. The molecule has 0 fully saturated rings. The SMILES string of the molecule is COC(=O)c1cc([N+](=O)[O-])c(C)cc1O. The summed E-state index contributed by atoms with van der Waals surface area (Å²) in [6.45, 7) is 1.47. The third-order valence-corrected chi connectivity index (χ3v) is 1.92. The number of aromatic hydroxyl groups is 1. The lowest BCUT2D eigenvalue weighted by molar-refractivity contribution is -0.385. The molecule has 0 aliphatic rings. The van der Waals surface area contributed by atoms with Gasteiger partial charge in [0.15, 0.2) is 0 Å². The number of ether oxygens (including phenoxy) is 1. The molecule has 0 aliphatic heterocycles. The number of benzene rings is 1. The van der Waals surface area contributed by atoms with Crippen molar-refractivity contribution in [2.45, 2.75) is 6.92 Å². The van der Waals surface area contributed by atoms with Gasteiger partial charge in [-0.25, -0.2) is 4.79 Å². The predicted molar refractivity (Wildman–Crippen MR) is 50.8 cm³/mol. The van der Waals surface area contributed by atoms with Crippen LogP contribution in [0.4, 0.5) is 5.69 Å². The van der Waals surface area contributed by atoms with Gasteiger partial charge in [-0.15, -0.1) is 0 Å². The first-order chi connectivity index (χ1) is 6.97. The minimum absolute atomic E-state index is 0.213. The maximum Gasteiger partial charge on any atom is 0.341 e. The van der Waals surface area contributed by atoms with Gasteiger partial charge in [-0.1, -0.05) is 0 Å². The van der Waals surface area contributed by atoms with Crippen LogP contribution < -0.4 is 0 Å². The van der Waals surface area contributed by atoms with Crippen LogP contribution in [-0.4, -0.2) is 23.1 Å². The highest BCUT2D eigenvalue weighted by atomic mass is 16.6. The number of phenolic OH excluding ortho intramolecular Hbond substituents is 1. The van der Waals surface area contributed by atoms with Crippen LogP contribution in [0.25, 0.3) is 0 Å². The Morgan fingerprint density at radius 2 is 2.13 bits per heavy atom. The van der Waals surface area contributed by atoms with Crippen LogP contribution in [0, 0.1) is 17.0 Å². The number of phenols is 1. The average molecular weight is 211 g/mol. The van der Waals surface area contributed by atoms with Crippen LogP contribution in [0.5, 0.6) is 5.75 Å². The van der Waals surface area contributed by atoms with E-state index in [2.05, 4.69) is 4.74 Å². The van der Waals surface area contributed by atoms with Crippen LogP contribution in [0.3, 0.4) is 0 Å². The largest absolute Gasteiger partial charge is 0.507 e. The van der Waals surface area contributed by atoms with Gasteiger partial charge >= 0.3 is 5.97 Å². The van der Waals surface area contributed by atoms with Crippen molar-refractivity contribution in [1.29, 1.82) is 0 Å². The van der Waals surface area contributed by atoms with Gasteiger partial charge in [0.25, 0.3) is 5.69 Å². The highest BCUT2D eigenvalue weighted by Crippen LogP contribution is 2.27. The van der Waals surface area contributed by atoms with Crippen LogP contribution in [0.15, 0.2) is 12.1 Å². The second-order valence-electron chi connectivity index (χ2n) is 2.90. The molecule has 80 valence electrons. The quantitative estimate of drug-likeness (QED) is 0.453. The molecule has 15 heavy (non-hydrogen) atoms. The van der Waals surface area contributed by atoms with E-state index < -0.39 is 10.9 Å². The van der Waals surface area contributed by atoms with Crippen LogP contribution in [0.2, 0.25) is 0 Å². The number of methoxy groups -OCH3 is 1. The summed E-state index contributed by atoms with van der Waals surface area (Å²) >= 11 is 0. The summed E-state index contributed by atoms with van der Waals surface area (Å²) in [6, 6.07) is 2.15.